The Kier molecular flexibility index (Phi) is 5.12. The summed E-state index contributed by atoms with van der Waals surface area (Å²) in [6.45, 7) is 3.84. The van der Waals surface area contributed by atoms with Crippen molar-refractivity contribution in [2.24, 2.45) is 0 Å². The highest BCUT2D eigenvalue weighted by molar-refractivity contribution is 6.03. The zero-order valence-electron chi connectivity index (χ0n) is 14.9. The van der Waals surface area contributed by atoms with Crippen LogP contribution in [0.1, 0.15) is 17.0 Å². The van der Waals surface area contributed by atoms with E-state index in [9.17, 15) is 14.9 Å². The molecule has 0 saturated carbocycles. The average molecular weight is 362 g/mol. The van der Waals surface area contributed by atoms with Gasteiger partial charge in [-0.05, 0) is 44.2 Å². The second kappa shape index (κ2) is 7.65. The molecule has 0 aliphatic heterocycles. The van der Waals surface area contributed by atoms with Gasteiger partial charge in [0.05, 0.1) is 27.6 Å². The van der Waals surface area contributed by atoms with Crippen molar-refractivity contribution in [2.45, 2.75) is 13.8 Å². The van der Waals surface area contributed by atoms with Crippen molar-refractivity contribution in [3.05, 3.63) is 87.7 Å². The topological polar surface area (TPSA) is 90.1 Å². The Morgan fingerprint density at radius 2 is 1.85 bits per heavy atom. The molecule has 3 rings (SSSR count). The molecule has 27 heavy (non-hydrogen) atoms. The maximum atomic E-state index is 12.3. The van der Waals surface area contributed by atoms with Crippen molar-refractivity contribution < 1.29 is 9.72 Å². The summed E-state index contributed by atoms with van der Waals surface area (Å²) in [5.41, 5.74) is 3.49. The second-order valence-electron chi connectivity index (χ2n) is 5.99. The van der Waals surface area contributed by atoms with Crippen LogP contribution in [0.25, 0.3) is 11.8 Å². The number of aryl methyl sites for hydroxylation is 2. The monoisotopic (exact) mass is 362 g/mol. The fourth-order valence-electron chi connectivity index (χ4n) is 2.77. The van der Waals surface area contributed by atoms with Crippen LogP contribution in [0.3, 0.4) is 0 Å². The number of rotatable bonds is 5. The molecule has 1 aromatic heterocycles. The highest BCUT2D eigenvalue weighted by Gasteiger charge is 2.12. The van der Waals surface area contributed by atoms with Crippen molar-refractivity contribution in [3.8, 4) is 5.69 Å². The number of carbonyl (C=O) groups excluding carboxylic acids is 1. The van der Waals surface area contributed by atoms with E-state index < -0.39 is 4.92 Å². The Morgan fingerprint density at radius 1 is 1.15 bits per heavy atom. The molecule has 0 radical (unpaired) electrons. The molecule has 2 aromatic carbocycles. The summed E-state index contributed by atoms with van der Waals surface area (Å²) in [5.74, 6) is -0.387. The molecule has 0 atom stereocenters. The third kappa shape index (κ3) is 4.09. The van der Waals surface area contributed by atoms with E-state index in [1.54, 1.807) is 28.9 Å². The maximum absolute atomic E-state index is 12.3. The molecule has 0 fully saturated rings. The smallest absolute Gasteiger partial charge is 0.276 e. The lowest BCUT2D eigenvalue weighted by atomic mass is 10.1. The van der Waals surface area contributed by atoms with Crippen LogP contribution in [-0.4, -0.2) is 20.6 Å². The predicted octanol–water partition coefficient (Wildman–Crippen LogP) is 4.05. The van der Waals surface area contributed by atoms with Gasteiger partial charge in [-0.3, -0.25) is 14.9 Å². The normalized spacial score (nSPS) is 10.9. The Hall–Kier alpha value is -3.74. The van der Waals surface area contributed by atoms with E-state index in [-0.39, 0.29) is 11.6 Å². The minimum absolute atomic E-state index is 0.0513. The third-order valence-corrected chi connectivity index (χ3v) is 3.95. The first-order chi connectivity index (χ1) is 13.0. The number of benzene rings is 2. The third-order valence-electron chi connectivity index (χ3n) is 3.95. The fraction of sp³-hybridized carbons (Fsp3) is 0.100. The molecule has 0 spiro atoms. The van der Waals surface area contributed by atoms with E-state index in [1.165, 1.54) is 18.2 Å². The molecule has 0 unspecified atom stereocenters. The Balaban J connectivity index is 1.84. The van der Waals surface area contributed by atoms with Crippen LogP contribution in [0.2, 0.25) is 0 Å². The van der Waals surface area contributed by atoms with Gasteiger partial charge in [0, 0.05) is 17.8 Å². The first-order valence-electron chi connectivity index (χ1n) is 8.31. The predicted molar refractivity (Wildman–Crippen MR) is 104 cm³/mol. The lowest BCUT2D eigenvalue weighted by molar-refractivity contribution is -0.385. The summed E-state index contributed by atoms with van der Waals surface area (Å²) >= 11 is 0. The van der Waals surface area contributed by atoms with E-state index in [0.29, 0.717) is 11.3 Å². The minimum atomic E-state index is -0.476. The van der Waals surface area contributed by atoms with Crippen LogP contribution >= 0.6 is 0 Å². The van der Waals surface area contributed by atoms with Gasteiger partial charge in [0.15, 0.2) is 0 Å². The van der Waals surface area contributed by atoms with Crippen LogP contribution in [0, 0.1) is 24.0 Å². The SMILES string of the molecule is Cc1cc(C)n(-c2ccccc2NC(=O)/C=C/c2ccccc2[N+](=O)[O-])n1. The zero-order valence-corrected chi connectivity index (χ0v) is 14.9. The quantitative estimate of drug-likeness (QED) is 0.421. The molecule has 136 valence electrons. The van der Waals surface area contributed by atoms with Gasteiger partial charge in [0.2, 0.25) is 5.91 Å². The zero-order chi connectivity index (χ0) is 19.4. The number of nitro benzene ring substituents is 1. The van der Waals surface area contributed by atoms with E-state index >= 15 is 0 Å². The molecule has 0 bridgehead atoms. The minimum Gasteiger partial charge on any atom is -0.321 e. The maximum Gasteiger partial charge on any atom is 0.276 e. The van der Waals surface area contributed by atoms with E-state index in [2.05, 4.69) is 10.4 Å². The molecule has 1 amide bonds. The highest BCUT2D eigenvalue weighted by Crippen LogP contribution is 2.22. The molecule has 3 aromatic rings. The number of para-hydroxylation sites is 3. The van der Waals surface area contributed by atoms with Crippen LogP contribution in [0.4, 0.5) is 11.4 Å². The number of anilines is 1. The van der Waals surface area contributed by atoms with Crippen molar-refractivity contribution in [2.75, 3.05) is 5.32 Å². The number of nitrogens with one attached hydrogen (secondary N) is 1. The van der Waals surface area contributed by atoms with Crippen molar-refractivity contribution in [1.29, 1.82) is 0 Å². The van der Waals surface area contributed by atoms with Crippen molar-refractivity contribution in [1.82, 2.24) is 9.78 Å². The molecule has 7 nitrogen and oxygen atoms in total. The summed E-state index contributed by atoms with van der Waals surface area (Å²) < 4.78 is 1.76. The molecule has 0 saturated heterocycles. The van der Waals surface area contributed by atoms with E-state index in [1.807, 2.05) is 38.1 Å². The summed E-state index contributed by atoms with van der Waals surface area (Å²) in [4.78, 5) is 22.9. The fourth-order valence-corrected chi connectivity index (χ4v) is 2.77. The molecule has 7 heteroatoms. The molecule has 1 N–H and O–H groups in total. The van der Waals surface area contributed by atoms with Crippen molar-refractivity contribution >= 4 is 23.4 Å². The lowest BCUT2D eigenvalue weighted by Crippen LogP contribution is -2.11. The molecule has 1 heterocycles. The van der Waals surface area contributed by atoms with Gasteiger partial charge in [0.25, 0.3) is 5.69 Å². The summed E-state index contributed by atoms with van der Waals surface area (Å²) in [7, 11) is 0. The van der Waals surface area contributed by atoms with E-state index in [0.717, 1.165) is 17.1 Å². The van der Waals surface area contributed by atoms with Crippen LogP contribution in [0.5, 0.6) is 0 Å². The molecule has 0 aliphatic carbocycles. The average Bonchev–Trinajstić information content (AvgIpc) is 2.98. The number of hydrogen-bond acceptors (Lipinski definition) is 4. The first-order valence-corrected chi connectivity index (χ1v) is 8.31. The van der Waals surface area contributed by atoms with Crippen LogP contribution < -0.4 is 5.32 Å². The van der Waals surface area contributed by atoms with Crippen LogP contribution in [-0.2, 0) is 4.79 Å². The molecular formula is C20H18N4O3. The van der Waals surface area contributed by atoms with Gasteiger partial charge in [-0.1, -0.05) is 24.3 Å². The number of hydrogen-bond donors (Lipinski definition) is 1. The Labute approximate surface area is 156 Å². The number of nitro groups is 1. The summed E-state index contributed by atoms with van der Waals surface area (Å²) in [5, 5.41) is 18.3. The van der Waals surface area contributed by atoms with Gasteiger partial charge < -0.3 is 5.32 Å². The second-order valence-corrected chi connectivity index (χ2v) is 5.99. The largest absolute Gasteiger partial charge is 0.321 e. The Morgan fingerprint density at radius 3 is 2.56 bits per heavy atom. The van der Waals surface area contributed by atoms with Gasteiger partial charge in [-0.25, -0.2) is 4.68 Å². The molecular weight excluding hydrogens is 344 g/mol. The summed E-state index contributed by atoms with van der Waals surface area (Å²) in [6.07, 6.45) is 2.71. The summed E-state index contributed by atoms with van der Waals surface area (Å²) in [6, 6.07) is 15.5. The van der Waals surface area contributed by atoms with Crippen LogP contribution in [0.15, 0.2) is 60.7 Å². The van der Waals surface area contributed by atoms with Gasteiger partial charge in [-0.15, -0.1) is 0 Å². The van der Waals surface area contributed by atoms with Gasteiger partial charge in [0.1, 0.15) is 0 Å². The van der Waals surface area contributed by atoms with Gasteiger partial charge >= 0.3 is 0 Å². The first kappa shape index (κ1) is 18.1. The molecule has 0 aliphatic rings. The Bertz CT molecular complexity index is 1040. The van der Waals surface area contributed by atoms with E-state index in [4.69, 9.17) is 0 Å². The number of aromatic nitrogens is 2. The number of amides is 1. The highest BCUT2D eigenvalue weighted by atomic mass is 16.6. The number of carbonyl (C=O) groups is 1. The van der Waals surface area contributed by atoms with Crippen molar-refractivity contribution in [3.63, 3.8) is 0 Å². The number of nitrogens with zero attached hydrogens (tertiary/aromatic N) is 3. The standard InChI is InChI=1S/C20H18N4O3/c1-14-13-15(2)23(22-14)19-10-6-4-8-17(19)21-20(25)12-11-16-7-3-5-9-18(16)24(26)27/h3-13H,1-2H3,(H,21,25)/b12-11+. The van der Waals surface area contributed by atoms with Gasteiger partial charge in [-0.2, -0.15) is 5.10 Å². The lowest BCUT2D eigenvalue weighted by Gasteiger charge is -2.11.